The van der Waals surface area contributed by atoms with Gasteiger partial charge in [0.2, 0.25) is 0 Å². The molecule has 0 saturated carbocycles. The molecular formula is C14H25NO4. The smallest absolute Gasteiger partial charge is 0.407 e. The van der Waals surface area contributed by atoms with Crippen molar-refractivity contribution in [2.24, 2.45) is 0 Å². The van der Waals surface area contributed by atoms with Gasteiger partial charge >= 0.3 is 12.1 Å². The Morgan fingerprint density at radius 3 is 2.58 bits per heavy atom. The average Bonchev–Trinajstić information content (AvgIpc) is 2.40. The zero-order valence-electron chi connectivity index (χ0n) is 11.8. The summed E-state index contributed by atoms with van der Waals surface area (Å²) in [7, 11) is 0. The van der Waals surface area contributed by atoms with E-state index in [0.29, 0.717) is 6.61 Å². The molecule has 110 valence electrons. The Morgan fingerprint density at radius 2 is 1.89 bits per heavy atom. The first-order valence-electron chi connectivity index (χ1n) is 6.87. The van der Waals surface area contributed by atoms with Gasteiger partial charge in [0, 0.05) is 6.54 Å². The van der Waals surface area contributed by atoms with Gasteiger partial charge in [-0.2, -0.15) is 0 Å². The Balaban J connectivity index is 3.34. The van der Waals surface area contributed by atoms with Crippen molar-refractivity contribution in [2.75, 3.05) is 19.8 Å². The average molecular weight is 271 g/mol. The third-order valence-corrected chi connectivity index (χ3v) is 2.44. The van der Waals surface area contributed by atoms with Gasteiger partial charge in [-0.25, -0.2) is 4.79 Å². The van der Waals surface area contributed by atoms with Crippen LogP contribution in [0.15, 0.2) is 12.7 Å². The second-order valence-corrected chi connectivity index (χ2v) is 4.20. The highest BCUT2D eigenvalue weighted by Gasteiger charge is 2.05. The highest BCUT2D eigenvalue weighted by molar-refractivity contribution is 5.71. The van der Waals surface area contributed by atoms with Crippen LogP contribution in [0.25, 0.3) is 0 Å². The first-order chi connectivity index (χ1) is 9.20. The maximum Gasteiger partial charge on any atom is 0.407 e. The van der Waals surface area contributed by atoms with Crippen LogP contribution in [-0.2, 0) is 14.3 Å². The number of carbonyl (C=O) groups excluding carboxylic acids is 2. The number of hydrogen-bond donors (Lipinski definition) is 1. The van der Waals surface area contributed by atoms with Crippen molar-refractivity contribution in [3.63, 3.8) is 0 Å². The number of hydrogen-bond acceptors (Lipinski definition) is 4. The third kappa shape index (κ3) is 12.7. The summed E-state index contributed by atoms with van der Waals surface area (Å²) >= 11 is 0. The second kappa shape index (κ2) is 12.9. The summed E-state index contributed by atoms with van der Waals surface area (Å²) < 4.78 is 9.73. The number of amides is 1. The molecule has 0 atom stereocenters. The highest BCUT2D eigenvalue weighted by atomic mass is 16.5. The molecule has 5 heteroatoms. The first kappa shape index (κ1) is 17.5. The van der Waals surface area contributed by atoms with Crippen LogP contribution in [0.4, 0.5) is 4.79 Å². The molecule has 0 heterocycles. The lowest BCUT2D eigenvalue weighted by Crippen LogP contribution is -2.27. The van der Waals surface area contributed by atoms with Gasteiger partial charge in [-0.15, -0.1) is 0 Å². The van der Waals surface area contributed by atoms with Gasteiger partial charge in [-0.05, 0) is 6.42 Å². The number of unbranched alkanes of at least 4 members (excludes halogenated alkanes) is 4. The second-order valence-electron chi connectivity index (χ2n) is 4.20. The van der Waals surface area contributed by atoms with Crippen molar-refractivity contribution in [1.29, 1.82) is 0 Å². The molecule has 0 aliphatic rings. The summed E-state index contributed by atoms with van der Waals surface area (Å²) in [6, 6.07) is 0. The zero-order valence-corrected chi connectivity index (χ0v) is 11.8. The van der Waals surface area contributed by atoms with Crippen LogP contribution in [0.3, 0.4) is 0 Å². The molecule has 0 spiro atoms. The highest BCUT2D eigenvalue weighted by Crippen LogP contribution is 2.02. The van der Waals surface area contributed by atoms with E-state index < -0.39 is 6.09 Å². The Bertz CT molecular complexity index is 266. The largest absolute Gasteiger partial charge is 0.466 e. The van der Waals surface area contributed by atoms with E-state index in [4.69, 9.17) is 4.74 Å². The monoisotopic (exact) mass is 271 g/mol. The van der Waals surface area contributed by atoms with Crippen molar-refractivity contribution >= 4 is 12.1 Å². The van der Waals surface area contributed by atoms with Crippen LogP contribution in [0.1, 0.15) is 45.4 Å². The molecule has 0 aromatic carbocycles. The van der Waals surface area contributed by atoms with E-state index >= 15 is 0 Å². The van der Waals surface area contributed by atoms with Crippen molar-refractivity contribution in [3.8, 4) is 0 Å². The molecule has 19 heavy (non-hydrogen) atoms. The number of nitrogens with one attached hydrogen (secondary N) is 1. The van der Waals surface area contributed by atoms with Crippen LogP contribution in [0, 0.1) is 0 Å². The summed E-state index contributed by atoms with van der Waals surface area (Å²) in [5.74, 6) is -0.292. The van der Waals surface area contributed by atoms with Crippen molar-refractivity contribution in [3.05, 3.63) is 12.7 Å². The lowest BCUT2D eigenvalue weighted by molar-refractivity contribution is -0.143. The first-order valence-corrected chi connectivity index (χ1v) is 6.87. The summed E-state index contributed by atoms with van der Waals surface area (Å²) in [6.07, 6.45) is 6.70. The minimum Gasteiger partial charge on any atom is -0.466 e. The number of carbonyl (C=O) groups is 2. The quantitative estimate of drug-likeness (QED) is 0.356. The SMILES string of the molecule is C=CCOC(=O)NCCC(=O)OCCCCCCC. The topological polar surface area (TPSA) is 64.6 Å². The fraction of sp³-hybridized carbons (Fsp3) is 0.714. The van der Waals surface area contributed by atoms with E-state index in [2.05, 4.69) is 23.6 Å². The number of esters is 1. The number of rotatable bonds is 11. The zero-order chi connectivity index (χ0) is 14.3. The normalized spacial score (nSPS) is 9.74. The minimum atomic E-state index is -0.549. The predicted molar refractivity (Wildman–Crippen MR) is 73.9 cm³/mol. The molecule has 0 aliphatic carbocycles. The van der Waals surface area contributed by atoms with Gasteiger partial charge in [0.1, 0.15) is 6.61 Å². The summed E-state index contributed by atoms with van der Waals surface area (Å²) in [4.78, 5) is 22.3. The lowest BCUT2D eigenvalue weighted by Gasteiger charge is -2.06. The standard InChI is InChI=1S/C14H25NO4/c1-3-5-6-7-8-12-18-13(16)9-10-15-14(17)19-11-4-2/h4H,2-3,5-12H2,1H3,(H,15,17). The minimum absolute atomic E-state index is 0.161. The van der Waals surface area contributed by atoms with Gasteiger partial charge in [0.25, 0.3) is 0 Å². The van der Waals surface area contributed by atoms with E-state index in [0.717, 1.165) is 12.8 Å². The van der Waals surface area contributed by atoms with Crippen molar-refractivity contribution < 1.29 is 19.1 Å². The van der Waals surface area contributed by atoms with E-state index in [9.17, 15) is 9.59 Å². The van der Waals surface area contributed by atoms with Gasteiger partial charge in [0.15, 0.2) is 0 Å². The van der Waals surface area contributed by atoms with Crippen molar-refractivity contribution in [2.45, 2.75) is 45.4 Å². The van der Waals surface area contributed by atoms with E-state index in [1.165, 1.54) is 25.3 Å². The van der Waals surface area contributed by atoms with Crippen LogP contribution in [0.5, 0.6) is 0 Å². The number of alkyl carbamates (subject to hydrolysis) is 1. The Morgan fingerprint density at radius 1 is 1.16 bits per heavy atom. The van der Waals surface area contributed by atoms with E-state index in [-0.39, 0.29) is 25.5 Å². The molecule has 1 amide bonds. The molecule has 0 bridgehead atoms. The molecule has 0 aliphatic heterocycles. The molecule has 0 radical (unpaired) electrons. The summed E-state index contributed by atoms with van der Waals surface area (Å²) in [5.41, 5.74) is 0. The molecule has 0 rings (SSSR count). The molecule has 0 unspecified atom stereocenters. The molecule has 1 N–H and O–H groups in total. The van der Waals surface area contributed by atoms with Crippen LogP contribution in [-0.4, -0.2) is 31.8 Å². The van der Waals surface area contributed by atoms with Crippen molar-refractivity contribution in [1.82, 2.24) is 5.32 Å². The molecule has 0 aromatic heterocycles. The predicted octanol–water partition coefficient (Wildman–Crippen LogP) is 2.80. The van der Waals surface area contributed by atoms with E-state index in [1.807, 2.05) is 0 Å². The van der Waals surface area contributed by atoms with Gasteiger partial charge in [0.05, 0.1) is 13.0 Å². The summed E-state index contributed by atoms with van der Waals surface area (Å²) in [6.45, 7) is 6.43. The third-order valence-electron chi connectivity index (χ3n) is 2.44. The Labute approximate surface area is 115 Å². The fourth-order valence-corrected chi connectivity index (χ4v) is 1.42. The number of ether oxygens (including phenoxy) is 2. The van der Waals surface area contributed by atoms with Gasteiger partial charge in [-0.1, -0.05) is 45.3 Å². The lowest BCUT2D eigenvalue weighted by atomic mass is 10.2. The Hall–Kier alpha value is -1.52. The Kier molecular flexibility index (Phi) is 11.9. The van der Waals surface area contributed by atoms with Crippen LogP contribution >= 0.6 is 0 Å². The molecule has 0 fully saturated rings. The maximum absolute atomic E-state index is 11.3. The molecule has 0 saturated heterocycles. The van der Waals surface area contributed by atoms with Crippen LogP contribution < -0.4 is 5.32 Å². The van der Waals surface area contributed by atoms with E-state index in [1.54, 1.807) is 0 Å². The van der Waals surface area contributed by atoms with Gasteiger partial charge in [-0.3, -0.25) is 4.79 Å². The maximum atomic E-state index is 11.3. The van der Waals surface area contributed by atoms with Gasteiger partial charge < -0.3 is 14.8 Å². The van der Waals surface area contributed by atoms with Crippen LogP contribution in [0.2, 0.25) is 0 Å². The summed E-state index contributed by atoms with van der Waals surface area (Å²) in [5, 5.41) is 2.46. The molecule has 0 aromatic rings. The fourth-order valence-electron chi connectivity index (χ4n) is 1.42. The molecular weight excluding hydrogens is 246 g/mol. The molecule has 5 nitrogen and oxygen atoms in total.